The number of pyridine rings is 2. The van der Waals surface area contributed by atoms with Crippen LogP contribution >= 0.6 is 0 Å². The van der Waals surface area contributed by atoms with E-state index in [9.17, 15) is 5.11 Å². The zero-order valence-electron chi connectivity index (χ0n) is 18.2. The maximum atomic E-state index is 10.1. The first-order valence-electron chi connectivity index (χ1n) is 11.7. The largest absolute Gasteiger partial charge is 0.393 e. The number of piperidine rings is 1. The van der Waals surface area contributed by atoms with E-state index < -0.39 is 0 Å². The second-order valence-electron chi connectivity index (χ2n) is 9.24. The monoisotopic (exact) mass is 436 g/mol. The van der Waals surface area contributed by atoms with Gasteiger partial charge in [0, 0.05) is 52.7 Å². The van der Waals surface area contributed by atoms with Gasteiger partial charge in [-0.1, -0.05) is 18.2 Å². The van der Waals surface area contributed by atoms with Gasteiger partial charge in [0.15, 0.2) is 5.82 Å². The molecule has 2 aliphatic rings. The number of nitrogens with one attached hydrogen (secondary N) is 1. The molecule has 5 heterocycles. The molecule has 5 aromatic rings. The minimum Gasteiger partial charge on any atom is -0.393 e. The Labute approximate surface area is 190 Å². The summed E-state index contributed by atoms with van der Waals surface area (Å²) in [6, 6.07) is 10.3. The SMILES string of the molecule is OC1CCN(c2nc(-c3ccnc4[nH]c5ccccc5c34)nc3cncc(C4CC4)c23)CC1. The third kappa shape index (κ3) is 3.07. The normalized spacial score (nSPS) is 17.4. The van der Waals surface area contributed by atoms with Gasteiger partial charge in [0.1, 0.15) is 11.5 Å². The molecular weight excluding hydrogens is 412 g/mol. The predicted molar refractivity (Wildman–Crippen MR) is 129 cm³/mol. The standard InChI is InChI=1S/C26H24N6O/c33-16-8-11-32(12-9-16)26-23-19(15-5-6-15)13-27-14-21(23)30-24(31-26)18-7-10-28-25-22(18)17-3-1-2-4-20(17)29-25/h1-4,7,10,13-16,33H,5-6,8-9,11-12H2,(H,28,29). The Morgan fingerprint density at radius 1 is 0.939 bits per heavy atom. The van der Waals surface area contributed by atoms with E-state index in [1.165, 1.54) is 18.4 Å². The van der Waals surface area contributed by atoms with Crippen molar-refractivity contribution in [1.29, 1.82) is 0 Å². The molecular formula is C26H24N6O. The number of aliphatic hydroxyl groups excluding tert-OH is 1. The molecule has 1 aliphatic carbocycles. The van der Waals surface area contributed by atoms with Gasteiger partial charge in [-0.3, -0.25) is 4.98 Å². The number of hydrogen-bond acceptors (Lipinski definition) is 6. The molecule has 0 atom stereocenters. The average Bonchev–Trinajstić information content (AvgIpc) is 3.63. The molecule has 2 N–H and O–H groups in total. The van der Waals surface area contributed by atoms with Crippen LogP contribution in [0, 0.1) is 0 Å². The number of para-hydroxylation sites is 1. The highest BCUT2D eigenvalue weighted by Gasteiger charge is 2.30. The number of aromatic amines is 1. The molecule has 7 heteroatoms. The van der Waals surface area contributed by atoms with Crippen molar-refractivity contribution in [2.24, 2.45) is 0 Å². The molecule has 1 aliphatic heterocycles. The summed E-state index contributed by atoms with van der Waals surface area (Å²) in [5.74, 6) is 2.21. The molecule has 7 rings (SSSR count). The minimum absolute atomic E-state index is 0.232. The van der Waals surface area contributed by atoms with Crippen molar-refractivity contribution in [2.75, 3.05) is 18.0 Å². The van der Waals surface area contributed by atoms with Crippen molar-refractivity contribution < 1.29 is 5.11 Å². The molecule has 1 saturated carbocycles. The zero-order chi connectivity index (χ0) is 21.9. The topological polar surface area (TPSA) is 90.8 Å². The van der Waals surface area contributed by atoms with Crippen LogP contribution in [0.3, 0.4) is 0 Å². The van der Waals surface area contributed by atoms with Crippen molar-refractivity contribution in [3.05, 3.63) is 54.5 Å². The number of H-pyrrole nitrogens is 1. The van der Waals surface area contributed by atoms with Gasteiger partial charge < -0.3 is 15.0 Å². The van der Waals surface area contributed by atoms with E-state index in [2.05, 4.69) is 32.0 Å². The number of benzene rings is 1. The summed E-state index contributed by atoms with van der Waals surface area (Å²) in [5, 5.41) is 13.4. The Morgan fingerprint density at radius 2 is 1.79 bits per heavy atom. The van der Waals surface area contributed by atoms with E-state index in [-0.39, 0.29) is 6.10 Å². The summed E-state index contributed by atoms with van der Waals surface area (Å²) < 4.78 is 0. The van der Waals surface area contributed by atoms with Crippen LogP contribution in [-0.4, -0.2) is 49.2 Å². The first-order chi connectivity index (χ1) is 16.3. The second kappa shape index (κ2) is 7.22. The number of rotatable bonds is 3. The molecule has 164 valence electrons. The number of anilines is 1. The highest BCUT2D eigenvalue weighted by molar-refractivity contribution is 6.12. The lowest BCUT2D eigenvalue weighted by atomic mass is 10.0. The second-order valence-corrected chi connectivity index (χ2v) is 9.24. The Bertz CT molecular complexity index is 1510. The number of hydrogen-bond donors (Lipinski definition) is 2. The molecule has 0 radical (unpaired) electrons. The molecule has 0 amide bonds. The molecule has 33 heavy (non-hydrogen) atoms. The first-order valence-corrected chi connectivity index (χ1v) is 11.7. The summed E-state index contributed by atoms with van der Waals surface area (Å²) in [5.41, 5.74) is 5.00. The summed E-state index contributed by atoms with van der Waals surface area (Å²) >= 11 is 0. The van der Waals surface area contributed by atoms with Crippen molar-refractivity contribution in [3.8, 4) is 11.4 Å². The van der Waals surface area contributed by atoms with E-state index in [4.69, 9.17) is 9.97 Å². The van der Waals surface area contributed by atoms with Crippen molar-refractivity contribution in [2.45, 2.75) is 37.7 Å². The maximum absolute atomic E-state index is 10.1. The number of aromatic nitrogens is 5. The lowest BCUT2D eigenvalue weighted by molar-refractivity contribution is 0.145. The molecule has 2 fully saturated rings. The van der Waals surface area contributed by atoms with Crippen LogP contribution < -0.4 is 4.90 Å². The van der Waals surface area contributed by atoms with Gasteiger partial charge in [0.25, 0.3) is 0 Å². The highest BCUT2D eigenvalue weighted by atomic mass is 16.3. The van der Waals surface area contributed by atoms with Crippen LogP contribution in [0.25, 0.3) is 44.2 Å². The fourth-order valence-corrected chi connectivity index (χ4v) is 5.17. The van der Waals surface area contributed by atoms with E-state index in [1.807, 2.05) is 36.8 Å². The van der Waals surface area contributed by atoms with Crippen LogP contribution in [0.2, 0.25) is 0 Å². The zero-order valence-corrected chi connectivity index (χ0v) is 18.2. The molecule has 0 spiro atoms. The Hall–Kier alpha value is -3.58. The first kappa shape index (κ1) is 18.9. The van der Waals surface area contributed by atoms with E-state index in [0.29, 0.717) is 11.7 Å². The van der Waals surface area contributed by atoms with Gasteiger partial charge in [-0.2, -0.15) is 0 Å². The Kier molecular flexibility index (Phi) is 4.14. The summed E-state index contributed by atoms with van der Waals surface area (Å²) in [6.07, 6.45) is 9.35. The van der Waals surface area contributed by atoms with Gasteiger partial charge >= 0.3 is 0 Å². The quantitative estimate of drug-likeness (QED) is 0.431. The van der Waals surface area contributed by atoms with Crippen molar-refractivity contribution in [3.63, 3.8) is 0 Å². The minimum atomic E-state index is -0.232. The van der Waals surface area contributed by atoms with Crippen LogP contribution in [0.1, 0.15) is 37.2 Å². The highest BCUT2D eigenvalue weighted by Crippen LogP contribution is 2.45. The maximum Gasteiger partial charge on any atom is 0.163 e. The average molecular weight is 437 g/mol. The van der Waals surface area contributed by atoms with E-state index in [1.54, 1.807) is 0 Å². The van der Waals surface area contributed by atoms with Crippen molar-refractivity contribution >= 4 is 38.7 Å². The van der Waals surface area contributed by atoms with Crippen molar-refractivity contribution in [1.82, 2.24) is 24.9 Å². The smallest absolute Gasteiger partial charge is 0.163 e. The molecule has 0 unspecified atom stereocenters. The van der Waals surface area contributed by atoms with Gasteiger partial charge in [-0.25, -0.2) is 15.0 Å². The number of aliphatic hydroxyl groups is 1. The molecule has 1 saturated heterocycles. The summed E-state index contributed by atoms with van der Waals surface area (Å²) in [6.45, 7) is 1.58. The van der Waals surface area contributed by atoms with Gasteiger partial charge in [-0.05, 0) is 49.3 Å². The summed E-state index contributed by atoms with van der Waals surface area (Å²) in [7, 11) is 0. The fourth-order valence-electron chi connectivity index (χ4n) is 5.17. The van der Waals surface area contributed by atoms with Crippen LogP contribution in [0.15, 0.2) is 48.9 Å². The lowest BCUT2D eigenvalue weighted by Gasteiger charge is -2.31. The molecule has 4 aromatic heterocycles. The lowest BCUT2D eigenvalue weighted by Crippen LogP contribution is -2.36. The van der Waals surface area contributed by atoms with E-state index >= 15 is 0 Å². The molecule has 7 nitrogen and oxygen atoms in total. The molecule has 1 aromatic carbocycles. The van der Waals surface area contributed by atoms with E-state index in [0.717, 1.165) is 70.2 Å². The predicted octanol–water partition coefficient (Wildman–Crippen LogP) is 4.56. The van der Waals surface area contributed by atoms with Crippen LogP contribution in [0.4, 0.5) is 5.82 Å². The number of nitrogens with zero attached hydrogens (tertiary/aromatic N) is 5. The number of fused-ring (bicyclic) bond motifs is 4. The van der Waals surface area contributed by atoms with Gasteiger partial charge in [0.2, 0.25) is 0 Å². The van der Waals surface area contributed by atoms with Crippen LogP contribution in [-0.2, 0) is 0 Å². The van der Waals surface area contributed by atoms with Gasteiger partial charge in [-0.15, -0.1) is 0 Å². The summed E-state index contributed by atoms with van der Waals surface area (Å²) in [4.78, 5) is 25.1. The fraction of sp³-hybridized carbons (Fsp3) is 0.308. The third-order valence-corrected chi connectivity index (χ3v) is 7.04. The molecule has 0 bridgehead atoms. The Balaban J connectivity index is 1.50. The van der Waals surface area contributed by atoms with Crippen LogP contribution in [0.5, 0.6) is 0 Å². The van der Waals surface area contributed by atoms with Gasteiger partial charge in [0.05, 0.1) is 17.8 Å². The third-order valence-electron chi connectivity index (χ3n) is 7.04. The Morgan fingerprint density at radius 3 is 2.64 bits per heavy atom.